The molecule has 2 rings (SSSR count). The standard InChI is InChI=1S/C15H25N3O2S/c1-15(2,3)12-10-21-13(18-12)8-17-14(19)16-7-11-5-4-6-20-9-11/h10-11H,4-9H2,1-3H3,(H2,16,17,19). The second-order valence-corrected chi connectivity index (χ2v) is 7.47. The molecule has 1 aromatic heterocycles. The zero-order valence-corrected chi connectivity index (χ0v) is 13.9. The summed E-state index contributed by atoms with van der Waals surface area (Å²) in [5.41, 5.74) is 1.13. The quantitative estimate of drug-likeness (QED) is 0.898. The second-order valence-electron chi connectivity index (χ2n) is 6.52. The van der Waals surface area contributed by atoms with E-state index in [4.69, 9.17) is 4.74 Å². The highest BCUT2D eigenvalue weighted by atomic mass is 32.1. The number of aromatic nitrogens is 1. The number of hydrogen-bond donors (Lipinski definition) is 2. The van der Waals surface area contributed by atoms with Crippen molar-refractivity contribution >= 4 is 17.4 Å². The molecule has 0 spiro atoms. The van der Waals surface area contributed by atoms with Crippen molar-refractivity contribution in [3.63, 3.8) is 0 Å². The maximum Gasteiger partial charge on any atom is 0.315 e. The Hall–Kier alpha value is -1.14. The fourth-order valence-electron chi connectivity index (χ4n) is 2.16. The maximum absolute atomic E-state index is 11.8. The predicted octanol–water partition coefficient (Wildman–Crippen LogP) is 2.67. The third-order valence-corrected chi connectivity index (χ3v) is 4.38. The number of carbonyl (C=O) groups excluding carboxylic acids is 1. The molecule has 0 radical (unpaired) electrons. The summed E-state index contributed by atoms with van der Waals surface area (Å²) in [5, 5.41) is 8.77. The van der Waals surface area contributed by atoms with E-state index in [0.717, 1.165) is 36.8 Å². The van der Waals surface area contributed by atoms with Gasteiger partial charge in [-0.2, -0.15) is 0 Å². The van der Waals surface area contributed by atoms with Crippen molar-refractivity contribution in [2.75, 3.05) is 19.8 Å². The highest BCUT2D eigenvalue weighted by Gasteiger charge is 2.18. The van der Waals surface area contributed by atoms with Crippen molar-refractivity contribution in [3.8, 4) is 0 Å². The Morgan fingerprint density at radius 1 is 1.48 bits per heavy atom. The zero-order valence-electron chi connectivity index (χ0n) is 13.1. The number of thiazole rings is 1. The molecule has 6 heteroatoms. The number of rotatable bonds is 4. The molecule has 118 valence electrons. The summed E-state index contributed by atoms with van der Waals surface area (Å²) in [6, 6.07) is -0.131. The SMILES string of the molecule is CC(C)(C)c1csc(CNC(=O)NCC2CCCOC2)n1. The number of ether oxygens (including phenoxy) is 1. The summed E-state index contributed by atoms with van der Waals surface area (Å²) >= 11 is 1.59. The summed E-state index contributed by atoms with van der Waals surface area (Å²) in [5.74, 6) is 0.442. The largest absolute Gasteiger partial charge is 0.381 e. The number of hydrogen-bond acceptors (Lipinski definition) is 4. The van der Waals surface area contributed by atoms with Crippen LogP contribution in [0.2, 0.25) is 0 Å². The summed E-state index contributed by atoms with van der Waals surface area (Å²) in [6.45, 7) is 9.17. The van der Waals surface area contributed by atoms with Crippen LogP contribution in [0.4, 0.5) is 4.79 Å². The average molecular weight is 311 g/mol. The molecule has 0 saturated carbocycles. The smallest absolute Gasteiger partial charge is 0.315 e. The Kier molecular flexibility index (Phi) is 5.58. The van der Waals surface area contributed by atoms with Crippen LogP contribution in [-0.2, 0) is 16.7 Å². The summed E-state index contributed by atoms with van der Waals surface area (Å²) in [6.07, 6.45) is 2.21. The van der Waals surface area contributed by atoms with Crippen molar-refractivity contribution in [3.05, 3.63) is 16.1 Å². The summed E-state index contributed by atoms with van der Waals surface area (Å²) < 4.78 is 5.40. The number of carbonyl (C=O) groups is 1. The predicted molar refractivity (Wildman–Crippen MR) is 84.6 cm³/mol. The van der Waals surface area contributed by atoms with Crippen LogP contribution in [0.15, 0.2) is 5.38 Å². The van der Waals surface area contributed by atoms with Crippen LogP contribution in [0.1, 0.15) is 44.3 Å². The molecular weight excluding hydrogens is 286 g/mol. The molecule has 1 aliphatic heterocycles. The van der Waals surface area contributed by atoms with Crippen LogP contribution in [0.25, 0.3) is 0 Å². The molecule has 1 saturated heterocycles. The molecule has 0 aromatic carbocycles. The Morgan fingerprint density at radius 3 is 2.90 bits per heavy atom. The highest BCUT2D eigenvalue weighted by molar-refractivity contribution is 7.09. The Balaban J connectivity index is 1.70. The first-order chi connectivity index (χ1) is 9.95. The van der Waals surface area contributed by atoms with Gasteiger partial charge in [0.25, 0.3) is 0 Å². The van der Waals surface area contributed by atoms with Crippen LogP contribution < -0.4 is 10.6 Å². The molecule has 1 unspecified atom stereocenters. The first-order valence-electron chi connectivity index (χ1n) is 7.49. The van der Waals surface area contributed by atoms with E-state index in [0.29, 0.717) is 19.0 Å². The maximum atomic E-state index is 11.8. The van der Waals surface area contributed by atoms with Gasteiger partial charge in [-0.05, 0) is 18.8 Å². The molecule has 1 fully saturated rings. The van der Waals surface area contributed by atoms with Crippen LogP contribution in [-0.4, -0.2) is 30.8 Å². The van der Waals surface area contributed by atoms with Gasteiger partial charge in [-0.25, -0.2) is 9.78 Å². The summed E-state index contributed by atoms with van der Waals surface area (Å²) in [7, 11) is 0. The number of nitrogens with zero attached hydrogens (tertiary/aromatic N) is 1. The fourth-order valence-corrected chi connectivity index (χ4v) is 3.12. The molecule has 2 N–H and O–H groups in total. The van der Waals surface area contributed by atoms with E-state index in [2.05, 4.69) is 41.8 Å². The number of amides is 2. The van der Waals surface area contributed by atoms with Gasteiger partial charge in [-0.15, -0.1) is 11.3 Å². The molecule has 0 bridgehead atoms. The minimum atomic E-state index is -0.131. The van der Waals surface area contributed by atoms with Gasteiger partial charge in [-0.1, -0.05) is 20.8 Å². The average Bonchev–Trinajstić information content (AvgIpc) is 2.93. The number of nitrogens with one attached hydrogen (secondary N) is 2. The third-order valence-electron chi connectivity index (χ3n) is 3.53. The molecule has 1 aromatic rings. The molecule has 0 aliphatic carbocycles. The lowest BCUT2D eigenvalue weighted by Gasteiger charge is -2.22. The molecule has 1 aliphatic rings. The minimum absolute atomic E-state index is 0.0536. The van der Waals surface area contributed by atoms with E-state index in [9.17, 15) is 4.79 Å². The van der Waals surface area contributed by atoms with Gasteiger partial charge in [0.1, 0.15) is 5.01 Å². The Labute approximate surface area is 130 Å². The van der Waals surface area contributed by atoms with E-state index in [-0.39, 0.29) is 11.4 Å². The van der Waals surface area contributed by atoms with Crippen LogP contribution in [0, 0.1) is 5.92 Å². The minimum Gasteiger partial charge on any atom is -0.381 e. The van der Waals surface area contributed by atoms with Crippen molar-refractivity contribution in [1.82, 2.24) is 15.6 Å². The molecule has 2 heterocycles. The van der Waals surface area contributed by atoms with Crippen molar-refractivity contribution in [2.24, 2.45) is 5.92 Å². The van der Waals surface area contributed by atoms with E-state index < -0.39 is 0 Å². The van der Waals surface area contributed by atoms with Gasteiger partial charge in [0.2, 0.25) is 0 Å². The van der Waals surface area contributed by atoms with Crippen LogP contribution in [0.3, 0.4) is 0 Å². The zero-order chi connectivity index (χ0) is 15.3. The van der Waals surface area contributed by atoms with Gasteiger partial charge in [0.05, 0.1) is 18.8 Å². The van der Waals surface area contributed by atoms with Crippen molar-refractivity contribution < 1.29 is 9.53 Å². The fraction of sp³-hybridized carbons (Fsp3) is 0.733. The normalized spacial score (nSPS) is 19.3. The lowest BCUT2D eigenvalue weighted by atomic mass is 9.93. The topological polar surface area (TPSA) is 63.2 Å². The summed E-state index contributed by atoms with van der Waals surface area (Å²) in [4.78, 5) is 16.3. The van der Waals surface area contributed by atoms with Gasteiger partial charge in [0, 0.05) is 23.9 Å². The lowest BCUT2D eigenvalue weighted by molar-refractivity contribution is 0.0557. The third kappa shape index (κ3) is 5.28. The van der Waals surface area contributed by atoms with E-state index in [1.165, 1.54) is 0 Å². The van der Waals surface area contributed by atoms with E-state index in [1.807, 2.05) is 0 Å². The van der Waals surface area contributed by atoms with Gasteiger partial charge >= 0.3 is 6.03 Å². The Morgan fingerprint density at radius 2 is 2.29 bits per heavy atom. The van der Waals surface area contributed by atoms with Crippen LogP contribution >= 0.6 is 11.3 Å². The molecular formula is C15H25N3O2S. The first-order valence-corrected chi connectivity index (χ1v) is 8.37. The molecule has 21 heavy (non-hydrogen) atoms. The molecule has 1 atom stereocenters. The van der Waals surface area contributed by atoms with Gasteiger partial charge in [-0.3, -0.25) is 0 Å². The van der Waals surface area contributed by atoms with Crippen LogP contribution in [0.5, 0.6) is 0 Å². The van der Waals surface area contributed by atoms with Crippen molar-refractivity contribution in [1.29, 1.82) is 0 Å². The Bertz CT molecular complexity index is 462. The molecule has 2 amide bonds. The van der Waals surface area contributed by atoms with Gasteiger partial charge in [0.15, 0.2) is 0 Å². The van der Waals surface area contributed by atoms with Crippen molar-refractivity contribution in [2.45, 2.75) is 45.6 Å². The monoisotopic (exact) mass is 311 g/mol. The lowest BCUT2D eigenvalue weighted by Crippen LogP contribution is -2.39. The van der Waals surface area contributed by atoms with Gasteiger partial charge < -0.3 is 15.4 Å². The highest BCUT2D eigenvalue weighted by Crippen LogP contribution is 2.23. The first kappa shape index (κ1) is 16.2. The number of urea groups is 1. The second kappa shape index (κ2) is 7.22. The van der Waals surface area contributed by atoms with E-state index in [1.54, 1.807) is 11.3 Å². The van der Waals surface area contributed by atoms with E-state index >= 15 is 0 Å². The molecule has 5 nitrogen and oxygen atoms in total.